The van der Waals surface area contributed by atoms with Gasteiger partial charge in [0.15, 0.2) is 11.5 Å². The molecule has 0 N–H and O–H groups in total. The molecule has 0 aliphatic carbocycles. The lowest BCUT2D eigenvalue weighted by atomic mass is 10.1. The van der Waals surface area contributed by atoms with Crippen molar-refractivity contribution in [1.82, 2.24) is 0 Å². The summed E-state index contributed by atoms with van der Waals surface area (Å²) < 4.78 is 72.9. The Balaban J connectivity index is 3.17. The second-order valence-electron chi connectivity index (χ2n) is 3.60. The number of alkyl halides is 6. The Morgan fingerprint density at radius 1 is 1.00 bits per heavy atom. The number of ether oxygens (including phenoxy) is 2. The van der Waals surface area contributed by atoms with Gasteiger partial charge in [0, 0.05) is 0 Å². The molecule has 1 aromatic carbocycles. The van der Waals surface area contributed by atoms with Gasteiger partial charge in [-0.3, -0.25) is 0 Å². The molecule has 2 nitrogen and oxygen atoms in total. The molecule has 0 aromatic heterocycles. The van der Waals surface area contributed by atoms with Crippen LogP contribution in [0.1, 0.15) is 10.4 Å². The molecule has 0 bridgehead atoms. The average Bonchev–Trinajstić information content (AvgIpc) is 2.35. The third-order valence-corrected chi connectivity index (χ3v) is 3.50. The van der Waals surface area contributed by atoms with Gasteiger partial charge in [0.2, 0.25) is 0 Å². The minimum atomic E-state index is -5.64. The van der Waals surface area contributed by atoms with Gasteiger partial charge in [-0.1, -0.05) is 22.0 Å². The molecule has 0 saturated carbocycles. The highest BCUT2D eigenvalue weighted by Gasteiger charge is 2.62. The van der Waals surface area contributed by atoms with Crippen LogP contribution in [-0.2, 0) is 0 Å². The Morgan fingerprint density at radius 3 is 1.95 bits per heavy atom. The molecule has 8 heteroatoms. The molecule has 0 heterocycles. The summed E-state index contributed by atoms with van der Waals surface area (Å²) in [5.41, 5.74) is -0.264. The van der Waals surface area contributed by atoms with E-state index >= 15 is 0 Å². The van der Waals surface area contributed by atoms with Crippen molar-refractivity contribution in [3.63, 3.8) is 0 Å². The Kier molecular flexibility index (Phi) is 4.65. The number of hydrogen-bond donors (Lipinski definition) is 0. The van der Waals surface area contributed by atoms with Crippen molar-refractivity contribution in [1.29, 1.82) is 0 Å². The molecule has 1 unspecified atom stereocenters. The van der Waals surface area contributed by atoms with Gasteiger partial charge in [-0.05, 0) is 17.7 Å². The van der Waals surface area contributed by atoms with Gasteiger partial charge in [0.05, 0.1) is 14.2 Å². The van der Waals surface area contributed by atoms with Crippen molar-refractivity contribution in [2.75, 3.05) is 14.2 Å². The molecule has 0 amide bonds. The van der Waals surface area contributed by atoms with Crippen molar-refractivity contribution in [2.24, 2.45) is 0 Å². The van der Waals surface area contributed by atoms with Gasteiger partial charge >= 0.3 is 12.1 Å². The molecule has 0 aliphatic rings. The summed E-state index contributed by atoms with van der Waals surface area (Å²) in [6.07, 6.45) is -5.64. The molecular weight excluding hydrogens is 339 g/mol. The van der Waals surface area contributed by atoms with Gasteiger partial charge < -0.3 is 9.47 Å². The molecular formula is C11H10BrF5O2. The highest BCUT2D eigenvalue weighted by Crippen LogP contribution is 2.49. The molecule has 0 radical (unpaired) electrons. The topological polar surface area (TPSA) is 18.5 Å². The maximum Gasteiger partial charge on any atom is 0.454 e. The van der Waals surface area contributed by atoms with Crippen molar-refractivity contribution in [3.8, 4) is 11.5 Å². The van der Waals surface area contributed by atoms with Crippen LogP contribution in [0.3, 0.4) is 0 Å². The normalized spacial score (nSPS) is 14.1. The zero-order valence-corrected chi connectivity index (χ0v) is 11.5. The first-order valence-electron chi connectivity index (χ1n) is 4.95. The van der Waals surface area contributed by atoms with Gasteiger partial charge in [-0.15, -0.1) is 0 Å². The predicted molar refractivity (Wildman–Crippen MR) is 62.2 cm³/mol. The van der Waals surface area contributed by atoms with Gasteiger partial charge in [-0.2, -0.15) is 22.0 Å². The van der Waals surface area contributed by atoms with Crippen LogP contribution >= 0.6 is 15.9 Å². The lowest BCUT2D eigenvalue weighted by Gasteiger charge is -2.25. The second kappa shape index (κ2) is 5.52. The SMILES string of the molecule is COc1ccc(C(Br)C(F)(F)C(F)(F)F)cc1OC. The molecule has 1 rings (SSSR count). The van der Waals surface area contributed by atoms with Crippen molar-refractivity contribution in [3.05, 3.63) is 23.8 Å². The monoisotopic (exact) mass is 348 g/mol. The molecule has 0 saturated heterocycles. The van der Waals surface area contributed by atoms with Crippen molar-refractivity contribution < 1.29 is 31.4 Å². The van der Waals surface area contributed by atoms with Crippen LogP contribution in [0.2, 0.25) is 0 Å². The largest absolute Gasteiger partial charge is 0.493 e. The zero-order valence-electron chi connectivity index (χ0n) is 9.89. The van der Waals surface area contributed by atoms with Crippen LogP contribution in [0.15, 0.2) is 18.2 Å². The Bertz CT molecular complexity index is 447. The van der Waals surface area contributed by atoms with Crippen LogP contribution in [-0.4, -0.2) is 26.3 Å². The summed E-state index contributed by atoms with van der Waals surface area (Å²) in [7, 11) is 2.58. The Morgan fingerprint density at radius 2 is 1.53 bits per heavy atom. The Hall–Kier alpha value is -1.05. The molecule has 108 valence electrons. The van der Waals surface area contributed by atoms with Crippen molar-refractivity contribution >= 4 is 15.9 Å². The van der Waals surface area contributed by atoms with Crippen molar-refractivity contribution in [2.45, 2.75) is 16.9 Å². The quantitative estimate of drug-likeness (QED) is 0.595. The first-order chi connectivity index (χ1) is 8.65. The van der Waals surface area contributed by atoms with E-state index in [0.29, 0.717) is 0 Å². The highest BCUT2D eigenvalue weighted by atomic mass is 79.9. The van der Waals surface area contributed by atoms with Crippen LogP contribution < -0.4 is 9.47 Å². The molecule has 0 fully saturated rings. The summed E-state index contributed by atoms with van der Waals surface area (Å²) in [4.78, 5) is -2.21. The summed E-state index contributed by atoms with van der Waals surface area (Å²) in [5, 5.41) is 0. The fourth-order valence-electron chi connectivity index (χ4n) is 1.36. The third kappa shape index (κ3) is 3.10. The van der Waals surface area contributed by atoms with E-state index in [1.54, 1.807) is 0 Å². The van der Waals surface area contributed by atoms with E-state index in [-0.39, 0.29) is 17.1 Å². The minimum absolute atomic E-state index is 0.0717. The number of halogens is 6. The third-order valence-electron chi connectivity index (χ3n) is 2.40. The fourth-order valence-corrected chi connectivity index (χ4v) is 1.91. The lowest BCUT2D eigenvalue weighted by Crippen LogP contribution is -2.39. The minimum Gasteiger partial charge on any atom is -0.493 e. The van der Waals surface area contributed by atoms with Crippen LogP contribution in [0.5, 0.6) is 11.5 Å². The number of methoxy groups -OCH3 is 2. The van der Waals surface area contributed by atoms with Gasteiger partial charge in [0.1, 0.15) is 4.83 Å². The number of benzene rings is 1. The van der Waals surface area contributed by atoms with E-state index in [1.165, 1.54) is 20.3 Å². The summed E-state index contributed by atoms with van der Waals surface area (Å²) in [5.74, 6) is -4.59. The van der Waals surface area contributed by atoms with E-state index in [0.717, 1.165) is 12.1 Å². The summed E-state index contributed by atoms with van der Waals surface area (Å²) in [6, 6.07) is 3.44. The van der Waals surface area contributed by atoms with Crippen LogP contribution in [0, 0.1) is 0 Å². The zero-order chi connectivity index (χ0) is 14.8. The Labute approximate surface area is 114 Å². The van der Waals surface area contributed by atoms with Crippen LogP contribution in [0.4, 0.5) is 22.0 Å². The number of rotatable bonds is 4. The first-order valence-corrected chi connectivity index (χ1v) is 5.87. The maximum absolute atomic E-state index is 13.2. The van der Waals surface area contributed by atoms with E-state index in [2.05, 4.69) is 15.9 Å². The molecule has 19 heavy (non-hydrogen) atoms. The molecule has 0 aliphatic heterocycles. The second-order valence-corrected chi connectivity index (χ2v) is 4.51. The fraction of sp³-hybridized carbons (Fsp3) is 0.455. The lowest BCUT2D eigenvalue weighted by molar-refractivity contribution is -0.281. The summed E-state index contributed by atoms with van der Waals surface area (Å²) >= 11 is 2.39. The smallest absolute Gasteiger partial charge is 0.454 e. The van der Waals surface area contributed by atoms with Gasteiger partial charge in [-0.25, -0.2) is 0 Å². The van der Waals surface area contributed by atoms with Gasteiger partial charge in [0.25, 0.3) is 0 Å². The van der Waals surface area contributed by atoms with E-state index < -0.39 is 16.9 Å². The highest BCUT2D eigenvalue weighted by molar-refractivity contribution is 9.09. The maximum atomic E-state index is 13.2. The molecule has 0 spiro atoms. The van der Waals surface area contributed by atoms with E-state index in [4.69, 9.17) is 9.47 Å². The van der Waals surface area contributed by atoms with E-state index in [1.807, 2.05) is 0 Å². The average molecular weight is 349 g/mol. The predicted octanol–water partition coefficient (Wildman–Crippen LogP) is 4.34. The standard InChI is InChI=1S/C11H10BrF5O2/c1-18-7-4-3-6(5-8(7)19-2)9(12)10(13,14)11(15,16)17/h3-5,9H,1-2H3. The molecule has 1 atom stereocenters. The van der Waals surface area contributed by atoms with E-state index in [9.17, 15) is 22.0 Å². The summed E-state index contributed by atoms with van der Waals surface area (Å²) in [6.45, 7) is 0. The molecule has 1 aromatic rings. The van der Waals surface area contributed by atoms with Crippen LogP contribution in [0.25, 0.3) is 0 Å². The number of hydrogen-bond acceptors (Lipinski definition) is 2. The first kappa shape index (κ1) is 16.0.